The SMILES string of the molecule is O=S(=O)(Oc1cc(Cl)c(Cl)c(Cl)c1Cl)Oc1cc(Cl)c(Cl)c(Cl)c1Cl. The van der Waals surface area contributed by atoms with Crippen molar-refractivity contribution in [2.45, 2.75) is 0 Å². The molecule has 4 nitrogen and oxygen atoms in total. The molecule has 25 heavy (non-hydrogen) atoms. The lowest BCUT2D eigenvalue weighted by Gasteiger charge is -2.13. The molecule has 2 rings (SSSR count). The van der Waals surface area contributed by atoms with Crippen LogP contribution in [-0.2, 0) is 10.4 Å². The highest BCUT2D eigenvalue weighted by atomic mass is 35.5. The molecule has 136 valence electrons. The van der Waals surface area contributed by atoms with Crippen molar-refractivity contribution in [2.75, 3.05) is 0 Å². The molecule has 2 aromatic carbocycles. The van der Waals surface area contributed by atoms with Gasteiger partial charge in [-0.25, -0.2) is 0 Å². The average molecular weight is 526 g/mol. The van der Waals surface area contributed by atoms with Crippen LogP contribution in [0.5, 0.6) is 11.5 Å². The van der Waals surface area contributed by atoms with Crippen molar-refractivity contribution in [1.29, 1.82) is 0 Å². The van der Waals surface area contributed by atoms with E-state index in [4.69, 9.17) is 101 Å². The summed E-state index contributed by atoms with van der Waals surface area (Å²) in [5.41, 5.74) is 0. The van der Waals surface area contributed by atoms with Crippen LogP contribution in [0.15, 0.2) is 12.1 Å². The van der Waals surface area contributed by atoms with Gasteiger partial charge in [0.15, 0.2) is 11.5 Å². The molecule has 2 aromatic rings. The van der Waals surface area contributed by atoms with Crippen LogP contribution < -0.4 is 8.37 Å². The first-order chi connectivity index (χ1) is 11.4. The van der Waals surface area contributed by atoms with Crippen molar-refractivity contribution in [3.8, 4) is 11.5 Å². The predicted octanol–water partition coefficient (Wildman–Crippen LogP) is 7.62. The molecular formula is C12H2Cl8O4S. The van der Waals surface area contributed by atoms with Gasteiger partial charge in [-0.15, -0.1) is 8.42 Å². The smallest absolute Gasteiger partial charge is 0.351 e. The van der Waals surface area contributed by atoms with E-state index < -0.39 is 21.9 Å². The number of benzene rings is 2. The van der Waals surface area contributed by atoms with Crippen molar-refractivity contribution in [2.24, 2.45) is 0 Å². The Morgan fingerprint density at radius 2 is 0.880 bits per heavy atom. The molecule has 0 atom stereocenters. The van der Waals surface area contributed by atoms with Crippen LogP contribution in [0.2, 0.25) is 40.2 Å². The maximum atomic E-state index is 12.1. The summed E-state index contributed by atoms with van der Waals surface area (Å²) < 4.78 is 33.6. The molecular weight excluding hydrogens is 524 g/mol. The van der Waals surface area contributed by atoms with E-state index in [9.17, 15) is 8.42 Å². The molecule has 0 aliphatic heterocycles. The van der Waals surface area contributed by atoms with Crippen LogP contribution in [0.3, 0.4) is 0 Å². The van der Waals surface area contributed by atoms with Crippen LogP contribution >= 0.6 is 92.8 Å². The van der Waals surface area contributed by atoms with Gasteiger partial charge in [-0.3, -0.25) is 0 Å². The van der Waals surface area contributed by atoms with Gasteiger partial charge in [-0.05, 0) is 0 Å². The van der Waals surface area contributed by atoms with E-state index >= 15 is 0 Å². The monoisotopic (exact) mass is 522 g/mol. The fourth-order valence-electron chi connectivity index (χ4n) is 1.46. The minimum absolute atomic E-state index is 0.0710. The number of halogens is 8. The number of hydrogen-bond donors (Lipinski definition) is 0. The summed E-state index contributed by atoms with van der Waals surface area (Å²) >= 11 is 46.6. The van der Waals surface area contributed by atoms with Gasteiger partial charge in [0.2, 0.25) is 0 Å². The lowest BCUT2D eigenvalue weighted by molar-refractivity contribution is 0.392. The molecule has 0 aliphatic rings. The van der Waals surface area contributed by atoms with Gasteiger partial charge in [0.05, 0.1) is 30.1 Å². The fraction of sp³-hybridized carbons (Fsp3) is 0. The van der Waals surface area contributed by atoms with Gasteiger partial charge in [0.25, 0.3) is 0 Å². The molecule has 0 unspecified atom stereocenters. The first kappa shape index (κ1) is 21.6. The zero-order valence-corrected chi connectivity index (χ0v) is 18.1. The molecule has 13 heteroatoms. The van der Waals surface area contributed by atoms with Crippen LogP contribution in [0.1, 0.15) is 0 Å². The van der Waals surface area contributed by atoms with Crippen molar-refractivity contribution in [3.05, 3.63) is 52.3 Å². The van der Waals surface area contributed by atoms with Crippen molar-refractivity contribution < 1.29 is 16.8 Å². The summed E-state index contributed by atoms with van der Waals surface area (Å²) in [5, 5.41) is -1.29. The first-order valence-corrected chi connectivity index (χ1v) is 10.1. The predicted molar refractivity (Wildman–Crippen MR) is 103 cm³/mol. The van der Waals surface area contributed by atoms with Gasteiger partial charge in [-0.1, -0.05) is 92.8 Å². The maximum absolute atomic E-state index is 12.1. The summed E-state index contributed by atoms with van der Waals surface area (Å²) in [7, 11) is -4.72. The average Bonchev–Trinajstić information content (AvgIpc) is 2.53. The number of hydrogen-bond acceptors (Lipinski definition) is 4. The van der Waals surface area contributed by atoms with Gasteiger partial charge in [0.1, 0.15) is 10.0 Å². The van der Waals surface area contributed by atoms with Crippen molar-refractivity contribution in [1.82, 2.24) is 0 Å². The van der Waals surface area contributed by atoms with E-state index in [-0.39, 0.29) is 40.2 Å². The van der Waals surface area contributed by atoms with E-state index in [1.165, 1.54) is 0 Å². The normalized spacial score (nSPS) is 11.5. The van der Waals surface area contributed by atoms with E-state index in [0.717, 1.165) is 12.1 Å². The van der Waals surface area contributed by atoms with E-state index in [0.29, 0.717) is 0 Å². The third-order valence-corrected chi connectivity index (χ3v) is 6.76. The summed E-state index contributed by atoms with van der Waals surface area (Å²) in [4.78, 5) is 0. The highest BCUT2D eigenvalue weighted by Gasteiger charge is 2.24. The van der Waals surface area contributed by atoms with E-state index in [1.807, 2.05) is 0 Å². The quantitative estimate of drug-likeness (QED) is 0.304. The Morgan fingerprint density at radius 3 is 1.20 bits per heavy atom. The minimum Gasteiger partial charge on any atom is -0.351 e. The molecule has 0 radical (unpaired) electrons. The van der Waals surface area contributed by atoms with Crippen molar-refractivity contribution >= 4 is 103 Å². The molecule has 0 saturated heterocycles. The van der Waals surface area contributed by atoms with Gasteiger partial charge in [0, 0.05) is 12.1 Å². The second-order valence-corrected chi connectivity index (χ2v) is 8.40. The second kappa shape index (κ2) is 8.13. The standard InChI is InChI=1S/C12H2Cl8O4S/c13-3-1-5(9(17)11(19)7(3)15)23-25(21,22)24-6-2-4(14)8(16)12(20)10(6)18/h1-2H. The van der Waals surface area contributed by atoms with Crippen LogP contribution in [-0.4, -0.2) is 8.42 Å². The molecule has 0 spiro atoms. The largest absolute Gasteiger partial charge is 0.501 e. The lowest BCUT2D eigenvalue weighted by atomic mass is 10.3. The lowest BCUT2D eigenvalue weighted by Crippen LogP contribution is -2.17. The zero-order valence-electron chi connectivity index (χ0n) is 11.2. The second-order valence-electron chi connectivity index (χ2n) is 4.17. The maximum Gasteiger partial charge on any atom is 0.501 e. The summed E-state index contributed by atoms with van der Waals surface area (Å²) in [6, 6.07) is 2.09. The molecule has 0 aromatic heterocycles. The van der Waals surface area contributed by atoms with Crippen LogP contribution in [0, 0.1) is 0 Å². The molecule has 0 N–H and O–H groups in total. The van der Waals surface area contributed by atoms with Gasteiger partial charge >= 0.3 is 10.4 Å². The Kier molecular flexibility index (Phi) is 7.03. The third kappa shape index (κ3) is 4.78. The Hall–Kier alpha value is 0.310. The Morgan fingerprint density at radius 1 is 0.560 bits per heavy atom. The molecule has 0 saturated carbocycles. The summed E-state index contributed by atoms with van der Waals surface area (Å²) in [5.74, 6) is -0.827. The Bertz CT molecular complexity index is 889. The Balaban J connectivity index is 2.40. The molecule has 0 amide bonds. The highest BCUT2D eigenvalue weighted by Crippen LogP contribution is 2.44. The molecule has 0 fully saturated rings. The van der Waals surface area contributed by atoms with Crippen LogP contribution in [0.4, 0.5) is 0 Å². The molecule has 0 heterocycles. The van der Waals surface area contributed by atoms with Gasteiger partial charge < -0.3 is 8.37 Å². The third-order valence-electron chi connectivity index (χ3n) is 2.52. The number of rotatable bonds is 4. The highest BCUT2D eigenvalue weighted by molar-refractivity contribution is 7.82. The molecule has 0 bridgehead atoms. The summed E-state index contributed by atoms with van der Waals surface area (Å²) in [6.07, 6.45) is 0. The van der Waals surface area contributed by atoms with Crippen LogP contribution in [0.25, 0.3) is 0 Å². The van der Waals surface area contributed by atoms with E-state index in [1.54, 1.807) is 0 Å². The summed E-state index contributed by atoms with van der Waals surface area (Å²) in [6.45, 7) is 0. The van der Waals surface area contributed by atoms with E-state index in [2.05, 4.69) is 0 Å². The zero-order chi connectivity index (χ0) is 19.1. The topological polar surface area (TPSA) is 52.6 Å². The fourth-order valence-corrected chi connectivity index (χ4v) is 3.93. The first-order valence-electron chi connectivity index (χ1n) is 5.74. The Labute approximate surface area is 182 Å². The minimum atomic E-state index is -4.72. The van der Waals surface area contributed by atoms with Gasteiger partial charge in [-0.2, -0.15) is 0 Å². The van der Waals surface area contributed by atoms with Crippen molar-refractivity contribution in [3.63, 3.8) is 0 Å². The molecule has 0 aliphatic carbocycles.